The number of carbonyl (C=O) groups excluding carboxylic acids is 2. The minimum Gasteiger partial charge on any atom is -0.372 e. The minimum absolute atomic E-state index is 0.0801. The molecule has 2 aliphatic heterocycles. The average molecular weight is 624 g/mol. The summed E-state index contributed by atoms with van der Waals surface area (Å²) < 4.78 is 39.4. The van der Waals surface area contributed by atoms with E-state index in [4.69, 9.17) is 11.6 Å². The summed E-state index contributed by atoms with van der Waals surface area (Å²) in [6, 6.07) is 13.4. The molecule has 1 fully saturated rings. The van der Waals surface area contributed by atoms with Crippen molar-refractivity contribution in [1.29, 1.82) is 0 Å². The molecular formula is C33H33ClF3N5O2. The van der Waals surface area contributed by atoms with Crippen LogP contribution in [0.1, 0.15) is 47.7 Å². The zero-order valence-electron chi connectivity index (χ0n) is 24.2. The number of carbonyl (C=O) groups is 2. The Hall–Kier alpha value is -4.31. The number of pyridine rings is 1. The molecule has 44 heavy (non-hydrogen) atoms. The van der Waals surface area contributed by atoms with Crippen LogP contribution in [0.15, 0.2) is 85.2 Å². The van der Waals surface area contributed by atoms with Gasteiger partial charge in [0, 0.05) is 54.7 Å². The molecule has 3 aromatic rings. The van der Waals surface area contributed by atoms with Crippen LogP contribution >= 0.6 is 11.6 Å². The maximum absolute atomic E-state index is 13.5. The maximum Gasteiger partial charge on any atom is 0.416 e. The van der Waals surface area contributed by atoms with Gasteiger partial charge in [-0.1, -0.05) is 24.3 Å². The molecule has 2 N–H and O–H groups in total. The van der Waals surface area contributed by atoms with Crippen LogP contribution in [-0.2, 0) is 12.7 Å². The first-order valence-electron chi connectivity index (χ1n) is 14.4. The van der Waals surface area contributed by atoms with Crippen LogP contribution in [0.3, 0.4) is 0 Å². The number of aromatic nitrogens is 1. The number of halogens is 4. The largest absolute Gasteiger partial charge is 0.416 e. The van der Waals surface area contributed by atoms with Gasteiger partial charge in [0.25, 0.3) is 5.91 Å². The van der Waals surface area contributed by atoms with Gasteiger partial charge in [0.15, 0.2) is 0 Å². The number of amides is 3. The van der Waals surface area contributed by atoms with Crippen molar-refractivity contribution in [3.8, 4) is 11.3 Å². The molecule has 3 heterocycles. The molecule has 0 radical (unpaired) electrons. The third-order valence-corrected chi connectivity index (χ3v) is 8.35. The summed E-state index contributed by atoms with van der Waals surface area (Å²) >= 11 is 6.23. The minimum atomic E-state index is -4.47. The van der Waals surface area contributed by atoms with Gasteiger partial charge in [-0.3, -0.25) is 14.7 Å². The molecular weight excluding hydrogens is 591 g/mol. The first-order valence-corrected chi connectivity index (χ1v) is 14.9. The summed E-state index contributed by atoms with van der Waals surface area (Å²) in [6.45, 7) is 3.61. The average Bonchev–Trinajstić information content (AvgIpc) is 3.04. The van der Waals surface area contributed by atoms with Crippen molar-refractivity contribution in [3.05, 3.63) is 102 Å². The van der Waals surface area contributed by atoms with E-state index in [0.29, 0.717) is 22.5 Å². The number of allylic oxidation sites excluding steroid dienone is 2. The third kappa shape index (κ3) is 7.07. The molecule has 2 aromatic carbocycles. The van der Waals surface area contributed by atoms with Gasteiger partial charge in [0.05, 0.1) is 22.5 Å². The number of hydrogen-bond acceptors (Lipinski definition) is 4. The van der Waals surface area contributed by atoms with E-state index < -0.39 is 23.2 Å². The van der Waals surface area contributed by atoms with Gasteiger partial charge in [0.1, 0.15) is 0 Å². The van der Waals surface area contributed by atoms with Crippen LogP contribution in [0.2, 0.25) is 0 Å². The van der Waals surface area contributed by atoms with E-state index in [1.807, 2.05) is 37.3 Å². The molecule has 0 aliphatic carbocycles. The molecule has 0 bridgehead atoms. The smallest absolute Gasteiger partial charge is 0.372 e. The number of nitrogens with one attached hydrogen (secondary N) is 2. The second kappa shape index (κ2) is 13.1. The summed E-state index contributed by atoms with van der Waals surface area (Å²) in [5, 5.41) is 5.70. The van der Waals surface area contributed by atoms with Gasteiger partial charge in [-0.2, -0.15) is 13.2 Å². The first-order chi connectivity index (χ1) is 21.1. The van der Waals surface area contributed by atoms with E-state index in [9.17, 15) is 22.8 Å². The molecule has 7 nitrogen and oxygen atoms in total. The zero-order chi connectivity index (χ0) is 31.3. The van der Waals surface area contributed by atoms with Gasteiger partial charge in [-0.25, -0.2) is 4.79 Å². The highest BCUT2D eigenvalue weighted by Gasteiger charge is 2.33. The summed E-state index contributed by atoms with van der Waals surface area (Å²) in [5.74, 6) is -0.270. The van der Waals surface area contributed by atoms with Crippen molar-refractivity contribution in [2.24, 2.45) is 0 Å². The summed E-state index contributed by atoms with van der Waals surface area (Å²) in [7, 11) is 0. The fourth-order valence-electron chi connectivity index (χ4n) is 5.30. The van der Waals surface area contributed by atoms with E-state index in [0.717, 1.165) is 43.8 Å². The monoisotopic (exact) mass is 623 g/mol. The summed E-state index contributed by atoms with van der Waals surface area (Å²) in [4.78, 5) is 34.9. The first kappa shape index (κ1) is 31.1. The van der Waals surface area contributed by atoms with E-state index in [2.05, 4.69) is 20.5 Å². The highest BCUT2D eigenvalue weighted by Crippen LogP contribution is 2.34. The van der Waals surface area contributed by atoms with Crippen LogP contribution in [-0.4, -0.2) is 46.3 Å². The van der Waals surface area contributed by atoms with E-state index in [1.54, 1.807) is 18.3 Å². The Labute approximate surface area is 259 Å². The number of alkyl halides is 4. The predicted molar refractivity (Wildman–Crippen MR) is 167 cm³/mol. The van der Waals surface area contributed by atoms with Gasteiger partial charge in [-0.15, -0.1) is 11.6 Å². The molecule has 0 spiro atoms. The van der Waals surface area contributed by atoms with Crippen LogP contribution in [0, 0.1) is 0 Å². The Morgan fingerprint density at radius 1 is 1.02 bits per heavy atom. The van der Waals surface area contributed by atoms with Crippen LogP contribution < -0.4 is 15.5 Å². The summed E-state index contributed by atoms with van der Waals surface area (Å²) in [5.41, 5.74) is 1.67. The van der Waals surface area contributed by atoms with E-state index >= 15 is 0 Å². The quantitative estimate of drug-likeness (QED) is 0.266. The summed E-state index contributed by atoms with van der Waals surface area (Å²) in [6.07, 6.45) is 7.51. The number of piperidine rings is 1. The SMILES string of the molecule is CC1(CCl)C=CC=CN1C(=O)Nc1ccc(N2CCCCC2)cc1-c1cc(C(=O)NCc2cccc(C(F)(F)F)c2)ccn1. The Balaban J connectivity index is 1.42. The molecule has 5 rings (SSSR count). The third-order valence-electron chi connectivity index (χ3n) is 7.81. The van der Waals surface area contributed by atoms with Crippen LogP contribution in [0.25, 0.3) is 11.3 Å². The standard InChI is InChI=1S/C33H33ClF3N5O2/c1-32(22-34)13-3-6-17-42(32)31(44)40-28-11-10-26(41-15-4-2-5-16-41)20-27(28)29-19-24(12-14-38-29)30(43)39-21-23-8-7-9-25(18-23)33(35,36)37/h3,6-14,17-20H,2,4-5,15-16,21-22H2,1H3,(H,39,43)(H,40,44). The second-order valence-electron chi connectivity index (χ2n) is 11.1. The van der Waals surface area contributed by atoms with Crippen LogP contribution in [0.4, 0.5) is 29.3 Å². The maximum atomic E-state index is 13.5. The van der Waals surface area contributed by atoms with E-state index in [-0.39, 0.29) is 24.0 Å². The molecule has 1 saturated heterocycles. The van der Waals surface area contributed by atoms with Gasteiger partial charge in [-0.05, 0) is 80.3 Å². The van der Waals surface area contributed by atoms with Crippen molar-refractivity contribution < 1.29 is 22.8 Å². The zero-order valence-corrected chi connectivity index (χ0v) is 25.0. The predicted octanol–water partition coefficient (Wildman–Crippen LogP) is 7.60. The van der Waals surface area contributed by atoms with Crippen molar-refractivity contribution in [3.63, 3.8) is 0 Å². The van der Waals surface area contributed by atoms with Gasteiger partial charge >= 0.3 is 12.2 Å². The van der Waals surface area contributed by atoms with Gasteiger partial charge < -0.3 is 15.5 Å². The highest BCUT2D eigenvalue weighted by molar-refractivity contribution is 6.19. The molecule has 3 amide bonds. The number of hydrogen-bond donors (Lipinski definition) is 2. The number of anilines is 2. The Kier molecular flexibility index (Phi) is 9.29. The molecule has 2 aliphatic rings. The van der Waals surface area contributed by atoms with Crippen molar-refractivity contribution >= 4 is 34.9 Å². The Bertz CT molecular complexity index is 1590. The lowest BCUT2D eigenvalue weighted by Gasteiger charge is -2.37. The molecule has 1 atom stereocenters. The topological polar surface area (TPSA) is 77.6 Å². The number of urea groups is 1. The molecule has 0 saturated carbocycles. The molecule has 230 valence electrons. The number of benzene rings is 2. The fourth-order valence-corrected chi connectivity index (χ4v) is 5.51. The molecule has 1 unspecified atom stereocenters. The van der Waals surface area contributed by atoms with E-state index in [1.165, 1.54) is 35.7 Å². The number of rotatable bonds is 7. The van der Waals surface area contributed by atoms with Crippen molar-refractivity contribution in [2.75, 3.05) is 29.2 Å². The van der Waals surface area contributed by atoms with Crippen molar-refractivity contribution in [2.45, 2.75) is 44.4 Å². The van der Waals surface area contributed by atoms with Crippen molar-refractivity contribution in [1.82, 2.24) is 15.2 Å². The lowest BCUT2D eigenvalue weighted by molar-refractivity contribution is -0.137. The highest BCUT2D eigenvalue weighted by atomic mass is 35.5. The fraction of sp³-hybridized carbons (Fsp3) is 0.303. The van der Waals surface area contributed by atoms with Gasteiger partial charge in [0.2, 0.25) is 0 Å². The van der Waals surface area contributed by atoms with Crippen LogP contribution in [0.5, 0.6) is 0 Å². The Morgan fingerprint density at radius 2 is 1.82 bits per heavy atom. The lowest BCUT2D eigenvalue weighted by Crippen LogP contribution is -2.49. The second-order valence-corrected chi connectivity index (χ2v) is 11.3. The molecule has 11 heteroatoms. The molecule has 1 aromatic heterocycles. The number of nitrogens with zero attached hydrogens (tertiary/aromatic N) is 3. The lowest BCUT2D eigenvalue weighted by atomic mass is 10.00. The Morgan fingerprint density at radius 3 is 2.57 bits per heavy atom. The normalized spacial score (nSPS) is 18.3.